The van der Waals surface area contributed by atoms with Crippen molar-refractivity contribution in [2.24, 2.45) is 0 Å². The maximum absolute atomic E-state index is 12.9. The zero-order valence-corrected chi connectivity index (χ0v) is 14.1. The molecule has 28 heavy (non-hydrogen) atoms. The highest BCUT2D eigenvalue weighted by atomic mass is 19.4. The van der Waals surface area contributed by atoms with Crippen LogP contribution in [0.5, 0.6) is 11.5 Å². The zero-order valence-electron chi connectivity index (χ0n) is 14.1. The van der Waals surface area contributed by atoms with E-state index in [0.29, 0.717) is 43.3 Å². The summed E-state index contributed by atoms with van der Waals surface area (Å²) in [6.07, 6.45) is -9.43. The fraction of sp³-hybridized carbons (Fsp3) is 0.278. The SMILES string of the molecule is O=C(Nc1ccc2c(c1)OCCCO2)c1cc(C(F)(F)F)cc(C(F)(F)F)c1. The topological polar surface area (TPSA) is 47.6 Å². The van der Waals surface area contributed by atoms with E-state index in [1.54, 1.807) is 0 Å². The van der Waals surface area contributed by atoms with E-state index in [0.717, 1.165) is 0 Å². The normalized spacial score (nSPS) is 14.4. The summed E-state index contributed by atoms with van der Waals surface area (Å²) in [6.45, 7) is 0.802. The highest BCUT2D eigenvalue weighted by Crippen LogP contribution is 2.37. The second kappa shape index (κ2) is 7.25. The molecule has 1 heterocycles. The molecule has 0 spiro atoms. The Balaban J connectivity index is 1.91. The van der Waals surface area contributed by atoms with Gasteiger partial charge in [-0.1, -0.05) is 0 Å². The van der Waals surface area contributed by atoms with Crippen LogP contribution in [0.4, 0.5) is 32.0 Å². The zero-order chi connectivity index (χ0) is 20.5. The molecule has 0 radical (unpaired) electrons. The third kappa shape index (κ3) is 4.49. The van der Waals surface area contributed by atoms with Crippen molar-refractivity contribution >= 4 is 11.6 Å². The van der Waals surface area contributed by atoms with Gasteiger partial charge in [-0.3, -0.25) is 4.79 Å². The Kier molecular flexibility index (Phi) is 5.14. The standard InChI is InChI=1S/C18H13F6NO3/c19-17(20,21)11-6-10(7-12(8-11)18(22,23)24)16(26)25-13-2-3-14-15(9-13)28-5-1-4-27-14/h2-3,6-9H,1,4-5H2,(H,25,26). The molecule has 1 aliphatic heterocycles. The van der Waals surface area contributed by atoms with Gasteiger partial charge in [-0.2, -0.15) is 26.3 Å². The first-order chi connectivity index (χ1) is 13.0. The Bertz CT molecular complexity index is 860. The van der Waals surface area contributed by atoms with Crippen molar-refractivity contribution in [2.75, 3.05) is 18.5 Å². The first-order valence-corrected chi connectivity index (χ1v) is 8.04. The number of benzene rings is 2. The second-order valence-corrected chi connectivity index (χ2v) is 5.96. The van der Waals surface area contributed by atoms with Crippen LogP contribution in [-0.4, -0.2) is 19.1 Å². The molecule has 1 aliphatic rings. The number of alkyl halides is 6. The Morgan fingerprint density at radius 3 is 1.96 bits per heavy atom. The molecule has 0 aliphatic carbocycles. The number of rotatable bonds is 2. The molecular weight excluding hydrogens is 392 g/mol. The van der Waals surface area contributed by atoms with Crippen LogP contribution in [-0.2, 0) is 12.4 Å². The molecule has 4 nitrogen and oxygen atoms in total. The summed E-state index contributed by atoms with van der Waals surface area (Å²) in [4.78, 5) is 12.3. The lowest BCUT2D eigenvalue weighted by Crippen LogP contribution is -2.17. The van der Waals surface area contributed by atoms with Crippen LogP contribution in [0.15, 0.2) is 36.4 Å². The van der Waals surface area contributed by atoms with Gasteiger partial charge in [0, 0.05) is 23.7 Å². The predicted octanol–water partition coefficient (Wildman–Crippen LogP) is 5.14. The van der Waals surface area contributed by atoms with E-state index >= 15 is 0 Å². The summed E-state index contributed by atoms with van der Waals surface area (Å²) in [5.74, 6) is -0.379. The number of halogens is 6. The van der Waals surface area contributed by atoms with Gasteiger partial charge in [-0.05, 0) is 30.3 Å². The highest BCUT2D eigenvalue weighted by Gasteiger charge is 2.37. The van der Waals surface area contributed by atoms with Crippen LogP contribution in [0, 0.1) is 0 Å². The quantitative estimate of drug-likeness (QED) is 0.704. The minimum absolute atomic E-state index is 0.0373. The molecule has 0 saturated carbocycles. The monoisotopic (exact) mass is 405 g/mol. The van der Waals surface area contributed by atoms with E-state index in [-0.39, 0.29) is 11.8 Å². The van der Waals surface area contributed by atoms with Crippen molar-refractivity contribution in [3.63, 3.8) is 0 Å². The lowest BCUT2D eigenvalue weighted by Gasteiger charge is -2.14. The second-order valence-electron chi connectivity index (χ2n) is 5.96. The van der Waals surface area contributed by atoms with Crippen molar-refractivity contribution in [3.8, 4) is 11.5 Å². The van der Waals surface area contributed by atoms with Gasteiger partial charge >= 0.3 is 12.4 Å². The molecule has 0 saturated heterocycles. The number of ether oxygens (including phenoxy) is 2. The van der Waals surface area contributed by atoms with Gasteiger partial charge < -0.3 is 14.8 Å². The van der Waals surface area contributed by atoms with Crippen LogP contribution in [0.3, 0.4) is 0 Å². The first-order valence-electron chi connectivity index (χ1n) is 8.04. The van der Waals surface area contributed by atoms with Crippen LogP contribution in [0.25, 0.3) is 0 Å². The molecular formula is C18H13F6NO3. The number of fused-ring (bicyclic) bond motifs is 1. The average molecular weight is 405 g/mol. The van der Waals surface area contributed by atoms with Gasteiger partial charge in [0.2, 0.25) is 0 Å². The molecule has 1 N–H and O–H groups in total. The van der Waals surface area contributed by atoms with Crippen LogP contribution in [0.1, 0.15) is 27.9 Å². The van der Waals surface area contributed by atoms with Crippen molar-refractivity contribution in [2.45, 2.75) is 18.8 Å². The number of nitrogens with one attached hydrogen (secondary N) is 1. The van der Waals surface area contributed by atoms with E-state index in [9.17, 15) is 31.1 Å². The summed E-state index contributed by atoms with van der Waals surface area (Å²) >= 11 is 0. The summed E-state index contributed by atoms with van der Waals surface area (Å²) in [6, 6.07) is 4.98. The Morgan fingerprint density at radius 2 is 1.39 bits per heavy atom. The van der Waals surface area contributed by atoms with Gasteiger partial charge in [-0.25, -0.2) is 0 Å². The van der Waals surface area contributed by atoms with Crippen molar-refractivity contribution < 1.29 is 40.6 Å². The number of amides is 1. The average Bonchev–Trinajstić information content (AvgIpc) is 2.84. The minimum Gasteiger partial charge on any atom is -0.490 e. The third-order valence-electron chi connectivity index (χ3n) is 3.86. The third-order valence-corrected chi connectivity index (χ3v) is 3.86. The van der Waals surface area contributed by atoms with Gasteiger partial charge in [0.1, 0.15) is 0 Å². The van der Waals surface area contributed by atoms with Crippen molar-refractivity contribution in [3.05, 3.63) is 53.1 Å². The Morgan fingerprint density at radius 1 is 0.821 bits per heavy atom. The Hall–Kier alpha value is -2.91. The maximum atomic E-state index is 12.9. The number of hydrogen-bond acceptors (Lipinski definition) is 3. The Labute approximate surface area is 155 Å². The molecule has 2 aromatic rings. The summed E-state index contributed by atoms with van der Waals surface area (Å²) in [5.41, 5.74) is -3.76. The van der Waals surface area contributed by atoms with Crippen LogP contribution < -0.4 is 14.8 Å². The molecule has 0 aromatic heterocycles. The molecule has 10 heteroatoms. The molecule has 0 bridgehead atoms. The summed E-state index contributed by atoms with van der Waals surface area (Å²) < 4.78 is 88.4. The predicted molar refractivity (Wildman–Crippen MR) is 86.4 cm³/mol. The van der Waals surface area contributed by atoms with Crippen molar-refractivity contribution in [1.29, 1.82) is 0 Å². The maximum Gasteiger partial charge on any atom is 0.416 e. The molecule has 1 amide bonds. The smallest absolute Gasteiger partial charge is 0.416 e. The summed E-state index contributed by atoms with van der Waals surface area (Å²) in [5, 5.41) is 2.28. The molecule has 0 unspecified atom stereocenters. The molecule has 2 aromatic carbocycles. The summed E-state index contributed by atoms with van der Waals surface area (Å²) in [7, 11) is 0. The molecule has 3 rings (SSSR count). The lowest BCUT2D eigenvalue weighted by atomic mass is 10.0. The number of carbonyl (C=O) groups is 1. The van der Waals surface area contributed by atoms with Gasteiger partial charge in [0.15, 0.2) is 11.5 Å². The van der Waals surface area contributed by atoms with E-state index in [4.69, 9.17) is 9.47 Å². The number of carbonyl (C=O) groups excluding carboxylic acids is 1. The number of hydrogen-bond donors (Lipinski definition) is 1. The fourth-order valence-corrected chi connectivity index (χ4v) is 2.53. The van der Waals surface area contributed by atoms with E-state index in [2.05, 4.69) is 5.32 Å². The molecule has 0 fully saturated rings. The van der Waals surface area contributed by atoms with E-state index in [1.165, 1.54) is 18.2 Å². The van der Waals surface area contributed by atoms with Gasteiger partial charge in [0.25, 0.3) is 5.91 Å². The lowest BCUT2D eigenvalue weighted by molar-refractivity contribution is -0.143. The van der Waals surface area contributed by atoms with E-state index < -0.39 is 35.0 Å². The highest BCUT2D eigenvalue weighted by molar-refractivity contribution is 6.04. The van der Waals surface area contributed by atoms with Crippen LogP contribution >= 0.6 is 0 Å². The van der Waals surface area contributed by atoms with E-state index in [1.807, 2.05) is 0 Å². The first kappa shape index (κ1) is 19.8. The van der Waals surface area contributed by atoms with Gasteiger partial charge in [-0.15, -0.1) is 0 Å². The largest absolute Gasteiger partial charge is 0.490 e. The fourth-order valence-electron chi connectivity index (χ4n) is 2.53. The molecule has 0 atom stereocenters. The minimum atomic E-state index is -5.04. The van der Waals surface area contributed by atoms with Gasteiger partial charge in [0.05, 0.1) is 24.3 Å². The van der Waals surface area contributed by atoms with Crippen LogP contribution in [0.2, 0.25) is 0 Å². The molecule has 150 valence electrons. The number of anilines is 1. The van der Waals surface area contributed by atoms with Crippen molar-refractivity contribution in [1.82, 2.24) is 0 Å².